The number of benzene rings is 1. The van der Waals surface area contributed by atoms with E-state index in [4.69, 9.17) is 9.26 Å². The highest BCUT2D eigenvalue weighted by Gasteiger charge is 2.09. The molecule has 2 N–H and O–H groups in total. The van der Waals surface area contributed by atoms with Crippen molar-refractivity contribution in [3.8, 4) is 11.5 Å². The van der Waals surface area contributed by atoms with Crippen LogP contribution in [-0.2, 0) is 15.5 Å². The number of aryl methyl sites for hydroxylation is 1. The van der Waals surface area contributed by atoms with E-state index in [0.717, 1.165) is 24.1 Å². The van der Waals surface area contributed by atoms with Gasteiger partial charge in [0.05, 0.1) is 13.7 Å². The molecule has 0 aliphatic heterocycles. The molecule has 142 valence electrons. The maximum Gasteiger partial charge on any atom is 0.507 e. The minimum absolute atomic E-state index is 0.200. The number of nitrogens with one attached hydrogen (secondary N) is 1. The van der Waals surface area contributed by atoms with Gasteiger partial charge in [-0.15, -0.1) is 4.52 Å². The lowest BCUT2D eigenvalue weighted by molar-refractivity contribution is 0.351. The molecule has 0 aliphatic carbocycles. The molecule has 1 heterocycles. The van der Waals surface area contributed by atoms with E-state index in [0.29, 0.717) is 24.5 Å². The number of aromatic hydroxyl groups is 1. The highest BCUT2D eigenvalue weighted by molar-refractivity contribution is 7.39. The number of rotatable bonds is 8. The van der Waals surface area contributed by atoms with Crippen LogP contribution in [0.4, 0.5) is 5.95 Å². The molecule has 0 amide bonds. The highest BCUT2D eigenvalue weighted by Crippen LogP contribution is 2.30. The zero-order valence-corrected chi connectivity index (χ0v) is 16.6. The number of methoxy groups -OCH3 is 1. The predicted molar refractivity (Wildman–Crippen MR) is 103 cm³/mol. The molecular weight excluding hydrogens is 353 g/mol. The summed E-state index contributed by atoms with van der Waals surface area (Å²) in [6, 6.07) is 5.57. The standard InChI is InChI=1S/C14H17N3O2.C4H10O2P/c1-10-8-11(9-12(19-2)13(10)18)4-7-17-14-15-5-3-6-16-14;1-3-6-7(5)4-2/h3,5-6,8-9,18H,4,7H2,1-2H3,(H,15,16,17);3-4H2,1-2H3/q;+1. The molecule has 0 bridgehead atoms. The number of aromatic nitrogens is 2. The molecule has 1 aromatic heterocycles. The van der Waals surface area contributed by atoms with E-state index in [9.17, 15) is 9.67 Å². The average Bonchev–Trinajstić information content (AvgIpc) is 2.66. The van der Waals surface area contributed by atoms with E-state index in [-0.39, 0.29) is 5.75 Å². The number of phenols is 1. The molecule has 2 aromatic rings. The van der Waals surface area contributed by atoms with Crippen molar-refractivity contribution in [2.24, 2.45) is 0 Å². The lowest BCUT2D eigenvalue weighted by Gasteiger charge is -2.10. The third-order valence-corrected chi connectivity index (χ3v) is 4.40. The van der Waals surface area contributed by atoms with Crippen LogP contribution < -0.4 is 10.1 Å². The van der Waals surface area contributed by atoms with Crippen molar-refractivity contribution in [2.45, 2.75) is 27.2 Å². The van der Waals surface area contributed by atoms with Crippen LogP contribution in [0.2, 0.25) is 0 Å². The minimum Gasteiger partial charge on any atom is -0.504 e. The number of phenolic OH excluding ortho intramolecular Hbond substituents is 1. The van der Waals surface area contributed by atoms with Crippen LogP contribution in [-0.4, -0.2) is 41.5 Å². The molecule has 2 rings (SSSR count). The topological polar surface area (TPSA) is 93.6 Å². The summed E-state index contributed by atoms with van der Waals surface area (Å²) in [4.78, 5) is 8.18. The zero-order valence-electron chi connectivity index (χ0n) is 15.7. The Hall–Kier alpha value is -2.24. The highest BCUT2D eigenvalue weighted by atomic mass is 31.1. The maximum atomic E-state index is 10.3. The second kappa shape index (κ2) is 12.2. The van der Waals surface area contributed by atoms with E-state index >= 15 is 0 Å². The van der Waals surface area contributed by atoms with Crippen molar-refractivity contribution in [1.82, 2.24) is 9.97 Å². The quantitative estimate of drug-likeness (QED) is 0.670. The Balaban J connectivity index is 0.000000412. The van der Waals surface area contributed by atoms with Gasteiger partial charge >= 0.3 is 8.03 Å². The van der Waals surface area contributed by atoms with Crippen LogP contribution in [0.25, 0.3) is 0 Å². The van der Waals surface area contributed by atoms with Crippen LogP contribution in [0.5, 0.6) is 11.5 Å². The van der Waals surface area contributed by atoms with Gasteiger partial charge in [-0.2, -0.15) is 0 Å². The smallest absolute Gasteiger partial charge is 0.504 e. The van der Waals surface area contributed by atoms with Gasteiger partial charge in [0.25, 0.3) is 0 Å². The molecule has 1 unspecified atom stereocenters. The van der Waals surface area contributed by atoms with Crippen molar-refractivity contribution in [2.75, 3.05) is 31.7 Å². The van der Waals surface area contributed by atoms with Crippen LogP contribution in [0, 0.1) is 6.92 Å². The molecule has 8 heteroatoms. The molecule has 0 saturated heterocycles. The molecule has 0 radical (unpaired) electrons. The number of hydrogen-bond acceptors (Lipinski definition) is 7. The van der Waals surface area contributed by atoms with Gasteiger partial charge in [0, 0.05) is 18.9 Å². The van der Waals surface area contributed by atoms with Gasteiger partial charge in [0.1, 0.15) is 0 Å². The van der Waals surface area contributed by atoms with Crippen molar-refractivity contribution in [3.05, 3.63) is 41.7 Å². The predicted octanol–water partition coefficient (Wildman–Crippen LogP) is 3.94. The second-order valence-corrected chi connectivity index (χ2v) is 6.84. The first-order chi connectivity index (χ1) is 12.5. The molecular formula is C18H27N3O4P+. The van der Waals surface area contributed by atoms with Crippen molar-refractivity contribution >= 4 is 14.0 Å². The summed E-state index contributed by atoms with van der Waals surface area (Å²) in [5.74, 6) is 1.32. The second-order valence-electron chi connectivity index (χ2n) is 5.28. The third-order valence-electron chi connectivity index (χ3n) is 3.34. The monoisotopic (exact) mass is 380 g/mol. The van der Waals surface area contributed by atoms with Crippen LogP contribution >= 0.6 is 8.03 Å². The van der Waals surface area contributed by atoms with E-state index in [1.807, 2.05) is 32.9 Å². The summed E-state index contributed by atoms with van der Waals surface area (Å²) >= 11 is 0. The average molecular weight is 380 g/mol. The van der Waals surface area contributed by atoms with Crippen LogP contribution in [0.15, 0.2) is 30.6 Å². The molecule has 1 atom stereocenters. The van der Waals surface area contributed by atoms with Crippen molar-refractivity contribution in [3.63, 3.8) is 0 Å². The molecule has 0 spiro atoms. The lowest BCUT2D eigenvalue weighted by Crippen LogP contribution is -2.07. The van der Waals surface area contributed by atoms with Gasteiger partial charge < -0.3 is 15.2 Å². The Morgan fingerprint density at radius 1 is 1.23 bits per heavy atom. The number of hydrogen-bond donors (Lipinski definition) is 2. The van der Waals surface area contributed by atoms with Gasteiger partial charge in [-0.1, -0.05) is 6.07 Å². The summed E-state index contributed by atoms with van der Waals surface area (Å²) in [5.41, 5.74) is 1.90. The van der Waals surface area contributed by atoms with Crippen molar-refractivity contribution in [1.29, 1.82) is 0 Å². The fourth-order valence-corrected chi connectivity index (χ4v) is 2.53. The molecule has 26 heavy (non-hydrogen) atoms. The zero-order chi connectivity index (χ0) is 19.4. The van der Waals surface area contributed by atoms with Crippen LogP contribution in [0.1, 0.15) is 25.0 Å². The van der Waals surface area contributed by atoms with Gasteiger partial charge in [-0.05, 0) is 55.0 Å². The normalized spacial score (nSPS) is 10.5. The van der Waals surface area contributed by atoms with Crippen molar-refractivity contribution < 1.29 is 18.9 Å². The molecule has 0 aliphatic rings. The summed E-state index contributed by atoms with van der Waals surface area (Å²) in [7, 11) is 0.221. The largest absolute Gasteiger partial charge is 0.507 e. The Morgan fingerprint density at radius 2 is 1.92 bits per heavy atom. The third kappa shape index (κ3) is 7.76. The Morgan fingerprint density at radius 3 is 2.46 bits per heavy atom. The van der Waals surface area contributed by atoms with Gasteiger partial charge in [-0.3, -0.25) is 0 Å². The molecule has 1 aromatic carbocycles. The lowest BCUT2D eigenvalue weighted by atomic mass is 10.1. The van der Waals surface area contributed by atoms with E-state index in [2.05, 4.69) is 15.3 Å². The summed E-state index contributed by atoms with van der Waals surface area (Å²) in [6.45, 7) is 6.81. The molecule has 0 saturated carbocycles. The summed E-state index contributed by atoms with van der Waals surface area (Å²) < 4.78 is 20.2. The maximum absolute atomic E-state index is 10.3. The van der Waals surface area contributed by atoms with Gasteiger partial charge in [-0.25, -0.2) is 9.97 Å². The SMILES string of the molecule is CCO[P+](=O)CC.COc1cc(CCNc2ncccn2)cc(C)c1O. The first-order valence-electron chi connectivity index (χ1n) is 8.46. The fraction of sp³-hybridized carbons (Fsp3) is 0.444. The Labute approximate surface area is 155 Å². The van der Waals surface area contributed by atoms with Gasteiger partial charge in [0.15, 0.2) is 17.7 Å². The van der Waals surface area contributed by atoms with E-state index in [1.165, 1.54) is 0 Å². The fourth-order valence-electron chi connectivity index (χ4n) is 2.06. The Kier molecular flexibility index (Phi) is 10.2. The summed E-state index contributed by atoms with van der Waals surface area (Å²) in [5, 5.41) is 12.9. The van der Waals surface area contributed by atoms with Gasteiger partial charge in [0.2, 0.25) is 5.95 Å². The van der Waals surface area contributed by atoms with Crippen LogP contribution in [0.3, 0.4) is 0 Å². The minimum atomic E-state index is -1.33. The first kappa shape index (κ1) is 21.8. The summed E-state index contributed by atoms with van der Waals surface area (Å²) in [6.07, 6.45) is 4.82. The van der Waals surface area contributed by atoms with E-state index < -0.39 is 8.03 Å². The number of anilines is 1. The number of ether oxygens (including phenoxy) is 1. The molecule has 0 fully saturated rings. The molecule has 7 nitrogen and oxygen atoms in total. The number of nitrogens with zero attached hydrogens (tertiary/aromatic N) is 2. The van der Waals surface area contributed by atoms with E-state index in [1.54, 1.807) is 25.6 Å². The first-order valence-corrected chi connectivity index (χ1v) is 9.83. The Bertz CT molecular complexity index is 684.